The molecule has 0 unspecified atom stereocenters. The monoisotopic (exact) mass is 240 g/mol. The average molecular weight is 240 g/mol. The van der Waals surface area contributed by atoms with Crippen molar-refractivity contribution in [2.75, 3.05) is 7.11 Å². The van der Waals surface area contributed by atoms with Crippen LogP contribution in [0.2, 0.25) is 0 Å². The van der Waals surface area contributed by atoms with Gasteiger partial charge in [-0.05, 0) is 36.6 Å². The van der Waals surface area contributed by atoms with Crippen molar-refractivity contribution in [2.45, 2.75) is 13.8 Å². The second kappa shape index (κ2) is 5.05. The topological polar surface area (TPSA) is 26.3 Å². The molecule has 0 N–H and O–H groups in total. The molecule has 2 rings (SSSR count). The molecule has 0 amide bonds. The highest BCUT2D eigenvalue weighted by Crippen LogP contribution is 2.23. The number of carbonyl (C=O) groups is 1. The van der Waals surface area contributed by atoms with E-state index in [9.17, 15) is 4.79 Å². The van der Waals surface area contributed by atoms with Crippen LogP contribution in [-0.2, 0) is 4.74 Å². The molecule has 0 aliphatic carbocycles. The van der Waals surface area contributed by atoms with Crippen LogP contribution in [0.25, 0.3) is 11.1 Å². The second-order valence-corrected chi connectivity index (χ2v) is 4.39. The van der Waals surface area contributed by atoms with Crippen LogP contribution in [0.15, 0.2) is 42.5 Å². The maximum atomic E-state index is 11.6. The summed E-state index contributed by atoms with van der Waals surface area (Å²) < 4.78 is 4.79. The van der Waals surface area contributed by atoms with Crippen molar-refractivity contribution >= 4 is 5.97 Å². The zero-order chi connectivity index (χ0) is 13.1. The molecule has 2 nitrogen and oxygen atoms in total. The Morgan fingerprint density at radius 1 is 0.944 bits per heavy atom. The van der Waals surface area contributed by atoms with E-state index < -0.39 is 0 Å². The summed E-state index contributed by atoms with van der Waals surface area (Å²) in [6.45, 7) is 3.96. The zero-order valence-electron chi connectivity index (χ0n) is 10.9. The van der Waals surface area contributed by atoms with Gasteiger partial charge in [-0.25, -0.2) is 4.79 Å². The van der Waals surface area contributed by atoms with E-state index in [0.717, 1.165) is 16.7 Å². The van der Waals surface area contributed by atoms with Gasteiger partial charge in [0.2, 0.25) is 0 Å². The van der Waals surface area contributed by atoms with Gasteiger partial charge in [-0.15, -0.1) is 0 Å². The third-order valence-electron chi connectivity index (χ3n) is 3.03. The molecule has 92 valence electrons. The van der Waals surface area contributed by atoms with Crippen LogP contribution in [0.5, 0.6) is 0 Å². The van der Waals surface area contributed by atoms with Crippen LogP contribution >= 0.6 is 0 Å². The lowest BCUT2D eigenvalue weighted by molar-refractivity contribution is 0.0600. The van der Waals surface area contributed by atoms with Gasteiger partial charge in [-0.3, -0.25) is 0 Å². The second-order valence-electron chi connectivity index (χ2n) is 4.39. The predicted molar refractivity (Wildman–Crippen MR) is 72.7 cm³/mol. The van der Waals surface area contributed by atoms with Gasteiger partial charge >= 0.3 is 5.97 Å². The van der Waals surface area contributed by atoms with E-state index in [1.54, 1.807) is 0 Å². The number of hydrogen-bond donors (Lipinski definition) is 0. The molecule has 0 aromatic heterocycles. The lowest BCUT2D eigenvalue weighted by Crippen LogP contribution is -2.03. The minimum atomic E-state index is -0.290. The molecular weight excluding hydrogens is 224 g/mol. The minimum Gasteiger partial charge on any atom is -0.465 e. The Morgan fingerprint density at radius 2 is 1.56 bits per heavy atom. The third kappa shape index (κ3) is 2.43. The Bertz CT molecular complexity index is 568. The van der Waals surface area contributed by atoms with Crippen LogP contribution in [0.4, 0.5) is 0 Å². The van der Waals surface area contributed by atoms with Gasteiger partial charge < -0.3 is 4.74 Å². The number of rotatable bonds is 2. The molecule has 0 atom stereocenters. The average Bonchev–Trinajstić information content (AvgIpc) is 2.39. The molecule has 0 radical (unpaired) electrons. The highest BCUT2D eigenvalue weighted by Gasteiger charge is 2.10. The summed E-state index contributed by atoms with van der Waals surface area (Å²) >= 11 is 0. The van der Waals surface area contributed by atoms with Crippen molar-refractivity contribution in [3.8, 4) is 11.1 Å². The van der Waals surface area contributed by atoms with Gasteiger partial charge in [0.05, 0.1) is 12.7 Å². The fraction of sp³-hybridized carbons (Fsp3) is 0.188. The number of esters is 1. The predicted octanol–water partition coefficient (Wildman–Crippen LogP) is 3.76. The highest BCUT2D eigenvalue weighted by molar-refractivity contribution is 5.92. The molecule has 0 bridgehead atoms. The molecule has 0 heterocycles. The van der Waals surface area contributed by atoms with Gasteiger partial charge in [0.15, 0.2) is 0 Å². The molecule has 2 heteroatoms. The first kappa shape index (κ1) is 12.4. The van der Waals surface area contributed by atoms with E-state index in [0.29, 0.717) is 5.56 Å². The summed E-state index contributed by atoms with van der Waals surface area (Å²) in [5.41, 5.74) is 4.90. The van der Waals surface area contributed by atoms with Crippen molar-refractivity contribution in [1.82, 2.24) is 0 Å². The lowest BCUT2D eigenvalue weighted by atomic mass is 9.99. The van der Waals surface area contributed by atoms with E-state index in [2.05, 4.69) is 31.2 Å². The van der Waals surface area contributed by atoms with Gasteiger partial charge in [-0.1, -0.05) is 42.0 Å². The Labute approximate surface area is 107 Å². The molecule has 0 saturated carbocycles. The third-order valence-corrected chi connectivity index (χ3v) is 3.03. The number of hydrogen-bond acceptors (Lipinski definition) is 2. The van der Waals surface area contributed by atoms with Gasteiger partial charge in [0, 0.05) is 0 Å². The minimum absolute atomic E-state index is 0.290. The van der Waals surface area contributed by atoms with E-state index in [-0.39, 0.29) is 5.97 Å². The molecule has 0 fully saturated rings. The Kier molecular flexibility index (Phi) is 3.47. The Balaban J connectivity index is 2.46. The summed E-state index contributed by atoms with van der Waals surface area (Å²) in [5.74, 6) is -0.290. The quantitative estimate of drug-likeness (QED) is 0.747. The summed E-state index contributed by atoms with van der Waals surface area (Å²) in [4.78, 5) is 11.6. The number of aryl methyl sites for hydroxylation is 2. The SMILES string of the molecule is COC(=O)c1cc(-c2ccc(C)cc2)ccc1C. The number of carbonyl (C=O) groups excluding carboxylic acids is 1. The lowest BCUT2D eigenvalue weighted by Gasteiger charge is -2.08. The molecule has 0 spiro atoms. The molecule has 18 heavy (non-hydrogen) atoms. The standard InChI is InChI=1S/C16H16O2/c1-11-4-7-13(8-5-11)14-9-6-12(2)15(10-14)16(17)18-3/h4-10H,1-3H3. The van der Waals surface area contributed by atoms with Crippen LogP contribution in [0.1, 0.15) is 21.5 Å². The van der Waals surface area contributed by atoms with Gasteiger partial charge in [0.1, 0.15) is 0 Å². The summed E-state index contributed by atoms with van der Waals surface area (Å²) in [7, 11) is 1.40. The molecule has 0 aliphatic heterocycles. The highest BCUT2D eigenvalue weighted by atomic mass is 16.5. The van der Waals surface area contributed by atoms with Crippen molar-refractivity contribution in [1.29, 1.82) is 0 Å². The Hall–Kier alpha value is -2.09. The smallest absolute Gasteiger partial charge is 0.338 e. The fourth-order valence-electron chi connectivity index (χ4n) is 1.88. The van der Waals surface area contributed by atoms with Crippen LogP contribution in [-0.4, -0.2) is 13.1 Å². The number of ether oxygens (including phenoxy) is 1. The van der Waals surface area contributed by atoms with Crippen molar-refractivity contribution in [3.05, 3.63) is 59.2 Å². The summed E-state index contributed by atoms with van der Waals surface area (Å²) in [6, 6.07) is 14.1. The van der Waals surface area contributed by atoms with E-state index in [1.807, 2.05) is 25.1 Å². The molecule has 2 aromatic rings. The number of methoxy groups -OCH3 is 1. The van der Waals surface area contributed by atoms with Crippen LogP contribution in [0.3, 0.4) is 0 Å². The Morgan fingerprint density at radius 3 is 2.17 bits per heavy atom. The van der Waals surface area contributed by atoms with Crippen molar-refractivity contribution < 1.29 is 9.53 Å². The first-order valence-corrected chi connectivity index (χ1v) is 5.88. The molecule has 0 saturated heterocycles. The molecule has 2 aromatic carbocycles. The summed E-state index contributed by atoms with van der Waals surface area (Å²) in [5, 5.41) is 0. The molecular formula is C16H16O2. The van der Waals surface area contributed by atoms with Crippen LogP contribution < -0.4 is 0 Å². The normalized spacial score (nSPS) is 10.2. The van der Waals surface area contributed by atoms with E-state index in [4.69, 9.17) is 4.74 Å². The number of benzene rings is 2. The largest absolute Gasteiger partial charge is 0.465 e. The van der Waals surface area contributed by atoms with E-state index >= 15 is 0 Å². The van der Waals surface area contributed by atoms with Crippen LogP contribution in [0, 0.1) is 13.8 Å². The first-order chi connectivity index (χ1) is 8.61. The first-order valence-electron chi connectivity index (χ1n) is 5.88. The molecule has 0 aliphatic rings. The van der Waals surface area contributed by atoms with Crippen molar-refractivity contribution in [2.24, 2.45) is 0 Å². The van der Waals surface area contributed by atoms with E-state index in [1.165, 1.54) is 12.7 Å². The van der Waals surface area contributed by atoms with Gasteiger partial charge in [0.25, 0.3) is 0 Å². The van der Waals surface area contributed by atoms with Crippen molar-refractivity contribution in [3.63, 3.8) is 0 Å². The maximum absolute atomic E-state index is 11.6. The van der Waals surface area contributed by atoms with Gasteiger partial charge in [-0.2, -0.15) is 0 Å². The summed E-state index contributed by atoms with van der Waals surface area (Å²) in [6.07, 6.45) is 0. The maximum Gasteiger partial charge on any atom is 0.338 e. The zero-order valence-corrected chi connectivity index (χ0v) is 10.9. The fourth-order valence-corrected chi connectivity index (χ4v) is 1.88.